The smallest absolute Gasteiger partial charge is 0.410 e. The normalized spacial score (nSPS) is 18.7. The molecule has 1 aliphatic rings. The van der Waals surface area contributed by atoms with E-state index in [1.165, 1.54) is 4.90 Å². The van der Waals surface area contributed by atoms with Crippen LogP contribution in [0.1, 0.15) is 79.7 Å². The van der Waals surface area contributed by atoms with E-state index < -0.39 is 36.0 Å². The number of aliphatic hydroxyl groups excluding tert-OH is 1. The van der Waals surface area contributed by atoms with Gasteiger partial charge in [0.05, 0.1) is 31.2 Å². The van der Waals surface area contributed by atoms with Crippen molar-refractivity contribution < 1.29 is 29.0 Å². The number of amides is 3. The fourth-order valence-electron chi connectivity index (χ4n) is 4.58. The molecular weight excluding hydrogens is 588 g/mol. The van der Waals surface area contributed by atoms with Gasteiger partial charge in [0.15, 0.2) is 0 Å². The highest BCUT2D eigenvalue weighted by molar-refractivity contribution is 5.86. The average Bonchev–Trinajstić information content (AvgIpc) is 3.10. The summed E-state index contributed by atoms with van der Waals surface area (Å²) in [6.45, 7) is 15.9. The first-order valence-corrected chi connectivity index (χ1v) is 16.3. The molecule has 0 spiro atoms. The Morgan fingerprint density at radius 3 is 2.39 bits per heavy atom. The molecule has 0 unspecified atom stereocenters. The van der Waals surface area contributed by atoms with E-state index in [1.54, 1.807) is 20.8 Å². The predicted molar refractivity (Wildman–Crippen MR) is 181 cm³/mol. The van der Waals surface area contributed by atoms with E-state index in [0.717, 1.165) is 31.6 Å². The van der Waals surface area contributed by atoms with Gasteiger partial charge in [-0.3, -0.25) is 4.79 Å². The fraction of sp³-hybridized carbons (Fsp3) is 0.706. The zero-order chi connectivity index (χ0) is 34.7. The van der Waals surface area contributed by atoms with E-state index in [0.29, 0.717) is 19.3 Å². The number of hydrogen-bond acceptors (Lipinski definition) is 9. The second-order valence-electron chi connectivity index (χ2n) is 13.2. The summed E-state index contributed by atoms with van der Waals surface area (Å²) in [6.07, 6.45) is 0.419. The summed E-state index contributed by atoms with van der Waals surface area (Å²) in [7, 11) is 4.12. The van der Waals surface area contributed by atoms with Crippen LogP contribution in [-0.4, -0.2) is 109 Å². The lowest BCUT2D eigenvalue weighted by Crippen LogP contribution is -2.54. The minimum Gasteiger partial charge on any atom is -0.445 e. The predicted octanol–water partition coefficient (Wildman–Crippen LogP) is 4.72. The van der Waals surface area contributed by atoms with Gasteiger partial charge in [0, 0.05) is 12.6 Å². The maximum absolute atomic E-state index is 13.1. The Morgan fingerprint density at radius 2 is 1.80 bits per heavy atom. The topological polar surface area (TPSA) is 145 Å². The third kappa shape index (κ3) is 17.9. The van der Waals surface area contributed by atoms with E-state index in [1.807, 2.05) is 58.0 Å². The molecule has 4 atom stereocenters. The zero-order valence-electron chi connectivity index (χ0n) is 29.4. The summed E-state index contributed by atoms with van der Waals surface area (Å²) in [5.74, 6) is -0.240. The van der Waals surface area contributed by atoms with Crippen LogP contribution < -0.4 is 10.6 Å². The molecular formula is C34H58N6O6. The summed E-state index contributed by atoms with van der Waals surface area (Å²) < 4.78 is 10.8. The molecule has 0 aromatic heterocycles. The Kier molecular flexibility index (Phi) is 18.8. The first-order chi connectivity index (χ1) is 21.6. The Hall–Kier alpha value is -3.47. The Bertz CT molecular complexity index is 1100. The van der Waals surface area contributed by atoms with Crippen molar-refractivity contribution >= 4 is 24.1 Å². The third-order valence-electron chi connectivity index (χ3n) is 6.93. The van der Waals surface area contributed by atoms with Gasteiger partial charge in [-0.1, -0.05) is 44.2 Å². The van der Waals surface area contributed by atoms with E-state index in [2.05, 4.69) is 45.6 Å². The largest absolute Gasteiger partial charge is 0.445 e. The number of nitrogens with one attached hydrogen (secondary N) is 2. The molecule has 1 fully saturated rings. The number of rotatable bonds is 12. The van der Waals surface area contributed by atoms with Crippen LogP contribution in [0.5, 0.6) is 0 Å². The number of aliphatic imine (C=N–C) groups is 2. The lowest BCUT2D eigenvalue weighted by Gasteiger charge is -2.29. The lowest BCUT2D eigenvalue weighted by atomic mass is 10.0. The molecule has 1 aromatic carbocycles. The number of β-amino-alcohol motifs (C(OH)–C–C–N with tert-alkyl or cyclic N) is 1. The third-order valence-corrected chi connectivity index (χ3v) is 6.93. The van der Waals surface area contributed by atoms with E-state index in [-0.39, 0.29) is 31.0 Å². The van der Waals surface area contributed by atoms with Gasteiger partial charge in [-0.15, -0.1) is 0 Å². The molecule has 2 rings (SSSR count). The van der Waals surface area contributed by atoms with Crippen molar-refractivity contribution in [2.75, 3.05) is 40.3 Å². The molecule has 0 bridgehead atoms. The SMILES string of the molecule is CC(C)C[C@H](NC(=O)OC(C)(C)C)C(=O)N[C@H]1CC[C@@H](C)N(C(=O)OCc2ccccc2)C[C@@H]1O.CCN=C=NCCCN(C)C. The maximum atomic E-state index is 13.1. The molecule has 1 aliphatic heterocycles. The molecule has 12 heteroatoms. The Balaban J connectivity index is 0.000000818. The van der Waals surface area contributed by atoms with Gasteiger partial charge in [0.1, 0.15) is 18.2 Å². The Morgan fingerprint density at radius 1 is 1.13 bits per heavy atom. The van der Waals surface area contributed by atoms with Gasteiger partial charge in [0.25, 0.3) is 0 Å². The number of aliphatic hydroxyl groups is 1. The number of benzene rings is 1. The number of carbonyl (C=O) groups excluding carboxylic acids is 3. The van der Waals surface area contributed by atoms with Crippen LogP contribution >= 0.6 is 0 Å². The molecule has 46 heavy (non-hydrogen) atoms. The maximum Gasteiger partial charge on any atom is 0.410 e. The van der Waals surface area contributed by atoms with Crippen LogP contribution in [0.15, 0.2) is 40.3 Å². The second-order valence-corrected chi connectivity index (χ2v) is 13.2. The molecule has 3 amide bonds. The van der Waals surface area contributed by atoms with Crippen molar-refractivity contribution in [1.82, 2.24) is 20.4 Å². The van der Waals surface area contributed by atoms with Crippen LogP contribution in [0.3, 0.4) is 0 Å². The second kappa shape index (κ2) is 21.3. The highest BCUT2D eigenvalue weighted by atomic mass is 16.6. The van der Waals surface area contributed by atoms with Crippen LogP contribution in [-0.2, 0) is 20.9 Å². The number of ether oxygens (including phenoxy) is 2. The van der Waals surface area contributed by atoms with Crippen LogP contribution in [0.25, 0.3) is 0 Å². The summed E-state index contributed by atoms with van der Waals surface area (Å²) in [5.41, 5.74) is 0.192. The van der Waals surface area contributed by atoms with Gasteiger partial charge >= 0.3 is 12.2 Å². The van der Waals surface area contributed by atoms with Crippen molar-refractivity contribution in [1.29, 1.82) is 0 Å². The number of alkyl carbamates (subject to hydrolysis) is 1. The minimum absolute atomic E-state index is 0.0358. The minimum atomic E-state index is -0.977. The summed E-state index contributed by atoms with van der Waals surface area (Å²) in [5, 5.41) is 16.4. The van der Waals surface area contributed by atoms with Gasteiger partial charge < -0.3 is 35.0 Å². The molecule has 12 nitrogen and oxygen atoms in total. The molecule has 1 heterocycles. The van der Waals surface area contributed by atoms with Crippen molar-refractivity contribution in [3.8, 4) is 0 Å². The quantitative estimate of drug-likeness (QED) is 0.220. The standard InChI is InChI=1S/C26H41N3O6.C8H17N3/c1-17(2)14-21(28-24(32)35-26(4,5)6)23(31)27-20-13-12-18(3)29(15-22(20)30)25(33)34-16-19-10-8-7-9-11-19;1-4-9-8-10-6-5-7-11(2)3/h7-11,17-18,20-22,30H,12-16H2,1-6H3,(H,27,31)(H,28,32);4-7H2,1-3H3/t18-,20+,21+,22+;/m1./s1. The molecule has 0 radical (unpaired) electrons. The van der Waals surface area contributed by atoms with Crippen LogP contribution in [0.2, 0.25) is 0 Å². The van der Waals surface area contributed by atoms with Gasteiger partial charge in [-0.05, 0) is 92.4 Å². The molecule has 260 valence electrons. The van der Waals surface area contributed by atoms with Crippen molar-refractivity contribution in [2.24, 2.45) is 15.9 Å². The molecule has 0 aliphatic carbocycles. The first-order valence-electron chi connectivity index (χ1n) is 16.3. The van der Waals surface area contributed by atoms with Crippen LogP contribution in [0, 0.1) is 5.92 Å². The Labute approximate surface area is 276 Å². The molecule has 0 saturated carbocycles. The van der Waals surface area contributed by atoms with Crippen LogP contribution in [0.4, 0.5) is 9.59 Å². The van der Waals surface area contributed by atoms with Crippen molar-refractivity contribution in [2.45, 2.75) is 111 Å². The summed E-state index contributed by atoms with van der Waals surface area (Å²) in [6, 6.07) is 10.5. The van der Waals surface area contributed by atoms with Gasteiger partial charge in [-0.2, -0.15) is 0 Å². The van der Waals surface area contributed by atoms with E-state index in [4.69, 9.17) is 9.47 Å². The fourth-order valence-corrected chi connectivity index (χ4v) is 4.58. The van der Waals surface area contributed by atoms with Crippen molar-refractivity contribution in [3.63, 3.8) is 0 Å². The summed E-state index contributed by atoms with van der Waals surface area (Å²) in [4.78, 5) is 49.6. The van der Waals surface area contributed by atoms with Gasteiger partial charge in [0.2, 0.25) is 5.91 Å². The number of likely N-dealkylation sites (tertiary alicyclic amines) is 1. The highest BCUT2D eigenvalue weighted by Crippen LogP contribution is 2.20. The zero-order valence-corrected chi connectivity index (χ0v) is 29.4. The van der Waals surface area contributed by atoms with Crippen molar-refractivity contribution in [3.05, 3.63) is 35.9 Å². The highest BCUT2D eigenvalue weighted by Gasteiger charge is 2.35. The first kappa shape index (κ1) is 40.6. The molecule has 1 aromatic rings. The lowest BCUT2D eigenvalue weighted by molar-refractivity contribution is -0.125. The number of carbonyl (C=O) groups is 3. The molecule has 1 saturated heterocycles. The monoisotopic (exact) mass is 646 g/mol. The van der Waals surface area contributed by atoms with E-state index in [9.17, 15) is 19.5 Å². The number of nitrogens with zero attached hydrogens (tertiary/aromatic N) is 4. The molecule has 3 N–H and O–H groups in total. The van der Waals surface area contributed by atoms with E-state index >= 15 is 0 Å². The number of hydrogen-bond donors (Lipinski definition) is 3. The summed E-state index contributed by atoms with van der Waals surface area (Å²) >= 11 is 0. The average molecular weight is 647 g/mol. The van der Waals surface area contributed by atoms with Gasteiger partial charge in [-0.25, -0.2) is 19.6 Å².